The van der Waals surface area contributed by atoms with Gasteiger partial charge in [-0.3, -0.25) is 4.79 Å². The van der Waals surface area contributed by atoms with Gasteiger partial charge in [0.1, 0.15) is 5.76 Å². The molecule has 0 radical (unpaired) electrons. The van der Waals surface area contributed by atoms with E-state index in [-0.39, 0.29) is 5.78 Å². The normalized spacial score (nSPS) is 20.9. The van der Waals surface area contributed by atoms with Crippen molar-refractivity contribution < 1.29 is 9.21 Å². The summed E-state index contributed by atoms with van der Waals surface area (Å²) in [6.07, 6.45) is 7.25. The van der Waals surface area contributed by atoms with Gasteiger partial charge in [0.05, 0.1) is 6.26 Å². The van der Waals surface area contributed by atoms with Gasteiger partial charge in [-0.2, -0.15) is 0 Å². The van der Waals surface area contributed by atoms with Crippen LogP contribution in [0.15, 0.2) is 28.4 Å². The minimum absolute atomic E-state index is 0.280. The Labute approximate surface area is 77.2 Å². The molecular weight excluding hydrogens is 164 g/mol. The Morgan fingerprint density at radius 3 is 2.85 bits per heavy atom. The molecule has 2 heteroatoms. The molecule has 0 aliphatic heterocycles. The van der Waals surface area contributed by atoms with Crippen molar-refractivity contribution in [1.29, 1.82) is 0 Å². The first kappa shape index (κ1) is 8.30. The number of hydrogen-bond donors (Lipinski definition) is 0. The number of ketones is 1. The second kappa shape index (κ2) is 3.60. The van der Waals surface area contributed by atoms with Crippen LogP contribution in [0.5, 0.6) is 0 Å². The Morgan fingerprint density at radius 1 is 1.31 bits per heavy atom. The Bertz CT molecular complexity index is 320. The first-order valence-corrected chi connectivity index (χ1v) is 4.63. The topological polar surface area (TPSA) is 30.2 Å². The SMILES string of the molecule is O=C1CCCC/C1=C\c1ccco1. The highest BCUT2D eigenvalue weighted by molar-refractivity contribution is 5.99. The number of carbonyl (C=O) groups excluding carboxylic acids is 1. The minimum Gasteiger partial charge on any atom is -0.465 e. The van der Waals surface area contributed by atoms with Crippen LogP contribution in [0.1, 0.15) is 31.4 Å². The summed E-state index contributed by atoms with van der Waals surface area (Å²) in [7, 11) is 0. The van der Waals surface area contributed by atoms with E-state index in [9.17, 15) is 4.79 Å². The third-order valence-corrected chi connectivity index (χ3v) is 2.32. The van der Waals surface area contributed by atoms with E-state index in [4.69, 9.17) is 4.42 Å². The van der Waals surface area contributed by atoms with Crippen LogP contribution in [-0.4, -0.2) is 5.78 Å². The lowest BCUT2D eigenvalue weighted by Gasteiger charge is -2.11. The summed E-state index contributed by atoms with van der Waals surface area (Å²) in [6.45, 7) is 0. The van der Waals surface area contributed by atoms with Crippen molar-refractivity contribution in [2.24, 2.45) is 0 Å². The predicted molar refractivity (Wildman–Crippen MR) is 50.2 cm³/mol. The van der Waals surface area contributed by atoms with Crippen molar-refractivity contribution >= 4 is 11.9 Å². The summed E-state index contributed by atoms with van der Waals surface area (Å²) in [5.41, 5.74) is 0.918. The first-order chi connectivity index (χ1) is 6.36. The van der Waals surface area contributed by atoms with Crippen molar-refractivity contribution in [2.45, 2.75) is 25.7 Å². The lowest BCUT2D eigenvalue weighted by Crippen LogP contribution is -2.07. The van der Waals surface area contributed by atoms with E-state index in [1.165, 1.54) is 0 Å². The largest absolute Gasteiger partial charge is 0.465 e. The molecule has 0 unspecified atom stereocenters. The fraction of sp³-hybridized carbons (Fsp3) is 0.364. The van der Waals surface area contributed by atoms with E-state index < -0.39 is 0 Å². The van der Waals surface area contributed by atoms with Crippen LogP contribution in [-0.2, 0) is 4.79 Å². The fourth-order valence-corrected chi connectivity index (χ4v) is 1.60. The zero-order valence-electron chi connectivity index (χ0n) is 7.45. The summed E-state index contributed by atoms with van der Waals surface area (Å²) in [5.74, 6) is 1.06. The second-order valence-electron chi connectivity index (χ2n) is 3.32. The van der Waals surface area contributed by atoms with Gasteiger partial charge in [0.15, 0.2) is 5.78 Å². The van der Waals surface area contributed by atoms with Gasteiger partial charge in [0.2, 0.25) is 0 Å². The molecule has 68 valence electrons. The van der Waals surface area contributed by atoms with E-state index in [0.29, 0.717) is 6.42 Å². The van der Waals surface area contributed by atoms with Gasteiger partial charge in [-0.1, -0.05) is 0 Å². The van der Waals surface area contributed by atoms with Gasteiger partial charge >= 0.3 is 0 Å². The van der Waals surface area contributed by atoms with E-state index in [1.54, 1.807) is 6.26 Å². The lowest BCUT2D eigenvalue weighted by molar-refractivity contribution is -0.116. The summed E-state index contributed by atoms with van der Waals surface area (Å²) >= 11 is 0. The fourth-order valence-electron chi connectivity index (χ4n) is 1.60. The lowest BCUT2D eigenvalue weighted by atomic mass is 9.93. The number of carbonyl (C=O) groups is 1. The maximum absolute atomic E-state index is 11.4. The van der Waals surface area contributed by atoms with Crippen LogP contribution < -0.4 is 0 Å². The number of rotatable bonds is 1. The van der Waals surface area contributed by atoms with Gasteiger partial charge in [-0.25, -0.2) is 0 Å². The second-order valence-corrected chi connectivity index (χ2v) is 3.32. The van der Waals surface area contributed by atoms with Gasteiger partial charge in [-0.05, 0) is 43.0 Å². The molecule has 1 aromatic rings. The number of furan rings is 1. The third-order valence-electron chi connectivity index (χ3n) is 2.32. The van der Waals surface area contributed by atoms with E-state index in [0.717, 1.165) is 30.6 Å². The monoisotopic (exact) mass is 176 g/mol. The summed E-state index contributed by atoms with van der Waals surface area (Å²) in [6, 6.07) is 3.70. The molecule has 0 amide bonds. The van der Waals surface area contributed by atoms with Crippen LogP contribution in [0, 0.1) is 0 Å². The van der Waals surface area contributed by atoms with E-state index in [1.807, 2.05) is 18.2 Å². The van der Waals surface area contributed by atoms with E-state index in [2.05, 4.69) is 0 Å². The van der Waals surface area contributed by atoms with Gasteiger partial charge in [0.25, 0.3) is 0 Å². The highest BCUT2D eigenvalue weighted by Gasteiger charge is 2.14. The summed E-state index contributed by atoms with van der Waals surface area (Å²) in [4.78, 5) is 11.4. The van der Waals surface area contributed by atoms with Crippen LogP contribution in [0.2, 0.25) is 0 Å². The van der Waals surface area contributed by atoms with Crippen LogP contribution in [0.4, 0.5) is 0 Å². The van der Waals surface area contributed by atoms with Crippen LogP contribution >= 0.6 is 0 Å². The van der Waals surface area contributed by atoms with Crippen molar-refractivity contribution in [3.63, 3.8) is 0 Å². The van der Waals surface area contributed by atoms with Crippen molar-refractivity contribution in [3.05, 3.63) is 29.7 Å². The van der Waals surface area contributed by atoms with Gasteiger partial charge in [0, 0.05) is 6.42 Å². The molecule has 2 nitrogen and oxygen atoms in total. The Morgan fingerprint density at radius 2 is 2.15 bits per heavy atom. The van der Waals surface area contributed by atoms with Crippen LogP contribution in [0.25, 0.3) is 6.08 Å². The Balaban J connectivity index is 2.19. The molecule has 1 aromatic heterocycles. The average molecular weight is 176 g/mol. The highest BCUT2D eigenvalue weighted by Crippen LogP contribution is 2.22. The Kier molecular flexibility index (Phi) is 2.30. The van der Waals surface area contributed by atoms with Gasteiger partial charge < -0.3 is 4.42 Å². The molecule has 0 atom stereocenters. The minimum atomic E-state index is 0.280. The zero-order chi connectivity index (χ0) is 9.10. The first-order valence-electron chi connectivity index (χ1n) is 4.63. The molecule has 0 aromatic carbocycles. The Hall–Kier alpha value is -1.31. The molecule has 2 rings (SSSR count). The molecule has 1 aliphatic rings. The van der Waals surface area contributed by atoms with E-state index >= 15 is 0 Å². The van der Waals surface area contributed by atoms with Crippen molar-refractivity contribution in [3.8, 4) is 0 Å². The maximum atomic E-state index is 11.4. The number of Topliss-reactive ketones (excluding diaryl/α,β-unsaturated/α-hetero) is 1. The molecular formula is C11H12O2. The third kappa shape index (κ3) is 1.89. The molecule has 0 spiro atoms. The molecule has 1 fully saturated rings. The number of allylic oxidation sites excluding steroid dienone is 1. The quantitative estimate of drug-likeness (QED) is 0.616. The summed E-state index contributed by atoms with van der Waals surface area (Å²) in [5, 5.41) is 0. The molecule has 13 heavy (non-hydrogen) atoms. The van der Waals surface area contributed by atoms with Crippen LogP contribution in [0.3, 0.4) is 0 Å². The standard InChI is InChI=1S/C11H12O2/c12-11-6-2-1-4-9(11)8-10-5-3-7-13-10/h3,5,7-8H,1-2,4,6H2/b9-8+. The van der Waals surface area contributed by atoms with Crippen molar-refractivity contribution in [2.75, 3.05) is 0 Å². The smallest absolute Gasteiger partial charge is 0.158 e. The zero-order valence-corrected chi connectivity index (χ0v) is 7.45. The number of hydrogen-bond acceptors (Lipinski definition) is 2. The average Bonchev–Trinajstić information content (AvgIpc) is 2.61. The van der Waals surface area contributed by atoms with Crippen molar-refractivity contribution in [1.82, 2.24) is 0 Å². The molecule has 0 N–H and O–H groups in total. The molecule has 0 bridgehead atoms. The summed E-state index contributed by atoms with van der Waals surface area (Å²) < 4.78 is 5.16. The molecule has 1 heterocycles. The highest BCUT2D eigenvalue weighted by atomic mass is 16.3. The molecule has 0 saturated heterocycles. The molecule has 1 saturated carbocycles. The predicted octanol–water partition coefficient (Wildman–Crippen LogP) is 2.81. The molecule has 1 aliphatic carbocycles. The maximum Gasteiger partial charge on any atom is 0.158 e. The van der Waals surface area contributed by atoms with Gasteiger partial charge in [-0.15, -0.1) is 0 Å².